The van der Waals surface area contributed by atoms with E-state index >= 15 is 0 Å². The third-order valence-corrected chi connectivity index (χ3v) is 3.74. The number of unbranched alkanes of at least 4 members (excludes halogenated alkanes) is 12. The van der Waals surface area contributed by atoms with Crippen LogP contribution in [0.1, 0.15) is 104 Å². The maximum Gasteiger partial charge on any atom is 0.0466 e. The van der Waals surface area contributed by atoms with Crippen molar-refractivity contribution >= 4 is 0 Å². The maximum absolute atomic E-state index is 5.48. The monoisotopic (exact) mass is 270 g/mol. The summed E-state index contributed by atoms with van der Waals surface area (Å²) in [6.45, 7) is 6.38. The van der Waals surface area contributed by atoms with Crippen molar-refractivity contribution in [3.63, 3.8) is 0 Å². The Morgan fingerprint density at radius 1 is 0.421 bits per heavy atom. The van der Waals surface area contributed by atoms with E-state index in [-0.39, 0.29) is 0 Å². The minimum Gasteiger partial charge on any atom is -0.381 e. The highest BCUT2D eigenvalue weighted by Crippen LogP contribution is 2.12. The van der Waals surface area contributed by atoms with Crippen molar-refractivity contribution in [1.29, 1.82) is 0 Å². The first-order chi connectivity index (χ1) is 9.41. The molecule has 0 aromatic carbocycles. The Kier molecular flexibility index (Phi) is 17.9. The number of hydrogen-bond donors (Lipinski definition) is 0. The average molecular weight is 271 g/mol. The molecular formula is C18H38O. The van der Waals surface area contributed by atoms with E-state index < -0.39 is 0 Å². The molecule has 0 amide bonds. The molecule has 0 aromatic heterocycles. The van der Waals surface area contributed by atoms with Gasteiger partial charge in [0.2, 0.25) is 0 Å². The van der Waals surface area contributed by atoms with Crippen LogP contribution in [0.2, 0.25) is 0 Å². The number of ether oxygens (including phenoxy) is 1. The van der Waals surface area contributed by atoms with Gasteiger partial charge in [0.1, 0.15) is 0 Å². The fourth-order valence-corrected chi connectivity index (χ4v) is 2.47. The van der Waals surface area contributed by atoms with Crippen molar-refractivity contribution in [1.82, 2.24) is 0 Å². The molecular weight excluding hydrogens is 232 g/mol. The van der Waals surface area contributed by atoms with Crippen LogP contribution in [0.25, 0.3) is 0 Å². The summed E-state index contributed by atoms with van der Waals surface area (Å²) in [5.74, 6) is 0. The third kappa shape index (κ3) is 18.0. The minimum atomic E-state index is 0.943. The molecule has 0 radical (unpaired) electrons. The van der Waals surface area contributed by atoms with Gasteiger partial charge in [-0.05, 0) is 12.8 Å². The van der Waals surface area contributed by atoms with E-state index in [0.717, 1.165) is 19.6 Å². The first kappa shape index (κ1) is 19.0. The molecule has 0 aliphatic rings. The average Bonchev–Trinajstić information content (AvgIpc) is 2.43. The molecule has 19 heavy (non-hydrogen) atoms. The van der Waals surface area contributed by atoms with Crippen LogP contribution in [-0.4, -0.2) is 13.2 Å². The Morgan fingerprint density at radius 3 is 1.26 bits per heavy atom. The van der Waals surface area contributed by atoms with Gasteiger partial charge in [0.05, 0.1) is 0 Å². The molecule has 0 bridgehead atoms. The summed E-state index contributed by atoms with van der Waals surface area (Å²) in [5.41, 5.74) is 0. The van der Waals surface area contributed by atoms with Gasteiger partial charge in [-0.3, -0.25) is 0 Å². The lowest BCUT2D eigenvalue weighted by atomic mass is 10.0. The van der Waals surface area contributed by atoms with Crippen molar-refractivity contribution in [2.75, 3.05) is 13.2 Å². The fraction of sp³-hybridized carbons (Fsp3) is 1.00. The van der Waals surface area contributed by atoms with Gasteiger partial charge in [-0.2, -0.15) is 0 Å². The molecule has 0 atom stereocenters. The second-order valence-corrected chi connectivity index (χ2v) is 5.86. The molecule has 0 saturated carbocycles. The molecule has 1 nitrogen and oxygen atoms in total. The summed E-state index contributed by atoms with van der Waals surface area (Å²) in [6.07, 6.45) is 19.6. The quantitative estimate of drug-likeness (QED) is 0.291. The molecule has 0 unspecified atom stereocenters. The Bertz CT molecular complexity index is 129. The van der Waals surface area contributed by atoms with E-state index in [1.165, 1.54) is 83.5 Å². The molecule has 116 valence electrons. The van der Waals surface area contributed by atoms with Crippen LogP contribution in [0.4, 0.5) is 0 Å². The lowest BCUT2D eigenvalue weighted by Crippen LogP contribution is -1.95. The van der Waals surface area contributed by atoms with Crippen LogP contribution in [0, 0.1) is 0 Å². The molecule has 1 heteroatoms. The van der Waals surface area contributed by atoms with Gasteiger partial charge in [0.25, 0.3) is 0 Å². The summed E-state index contributed by atoms with van der Waals surface area (Å²) in [7, 11) is 0. The van der Waals surface area contributed by atoms with Crippen LogP contribution in [0.15, 0.2) is 0 Å². The van der Waals surface area contributed by atoms with E-state index in [9.17, 15) is 0 Å². The van der Waals surface area contributed by atoms with Gasteiger partial charge in [-0.15, -0.1) is 0 Å². The lowest BCUT2D eigenvalue weighted by Gasteiger charge is -2.03. The summed E-state index contributed by atoms with van der Waals surface area (Å²) >= 11 is 0. The molecule has 0 spiro atoms. The molecule has 0 N–H and O–H groups in total. The molecule has 0 heterocycles. The van der Waals surface area contributed by atoms with E-state index in [0.29, 0.717) is 0 Å². The van der Waals surface area contributed by atoms with Gasteiger partial charge in [-0.1, -0.05) is 90.9 Å². The van der Waals surface area contributed by atoms with Gasteiger partial charge in [0.15, 0.2) is 0 Å². The topological polar surface area (TPSA) is 9.23 Å². The minimum absolute atomic E-state index is 0.943. The molecule has 0 aliphatic carbocycles. The summed E-state index contributed by atoms with van der Waals surface area (Å²) in [5, 5.41) is 0. The zero-order valence-electron chi connectivity index (χ0n) is 13.7. The largest absolute Gasteiger partial charge is 0.381 e. The van der Waals surface area contributed by atoms with E-state index in [2.05, 4.69) is 13.8 Å². The summed E-state index contributed by atoms with van der Waals surface area (Å²) in [4.78, 5) is 0. The first-order valence-corrected chi connectivity index (χ1v) is 8.99. The second-order valence-electron chi connectivity index (χ2n) is 5.86. The maximum atomic E-state index is 5.48. The van der Waals surface area contributed by atoms with E-state index in [1.54, 1.807) is 0 Å². The highest BCUT2D eigenvalue weighted by Gasteiger charge is 1.93. The highest BCUT2D eigenvalue weighted by atomic mass is 16.5. The van der Waals surface area contributed by atoms with Crippen molar-refractivity contribution in [3.05, 3.63) is 0 Å². The molecule has 0 fully saturated rings. The summed E-state index contributed by atoms with van der Waals surface area (Å²) in [6, 6.07) is 0. The van der Waals surface area contributed by atoms with Crippen LogP contribution < -0.4 is 0 Å². The normalized spacial score (nSPS) is 11.1. The molecule has 0 rings (SSSR count). The van der Waals surface area contributed by atoms with Crippen LogP contribution in [0.3, 0.4) is 0 Å². The van der Waals surface area contributed by atoms with Crippen LogP contribution >= 0.6 is 0 Å². The van der Waals surface area contributed by atoms with Crippen LogP contribution in [-0.2, 0) is 4.74 Å². The Morgan fingerprint density at radius 2 is 0.842 bits per heavy atom. The number of hydrogen-bond acceptors (Lipinski definition) is 1. The van der Waals surface area contributed by atoms with E-state index in [4.69, 9.17) is 4.74 Å². The van der Waals surface area contributed by atoms with E-state index in [1.807, 2.05) is 0 Å². The lowest BCUT2D eigenvalue weighted by molar-refractivity contribution is 0.130. The Labute approximate surface area is 122 Å². The zero-order valence-corrected chi connectivity index (χ0v) is 13.7. The predicted octanol–water partition coefficient (Wildman–Crippen LogP) is 6.50. The second kappa shape index (κ2) is 18.0. The SMILES string of the molecule is CCCCCCCCCCCCCCCOCCC. The summed E-state index contributed by atoms with van der Waals surface area (Å²) < 4.78 is 5.48. The Hall–Kier alpha value is -0.0400. The molecule has 0 aromatic rings. The Balaban J connectivity index is 2.88. The fourth-order valence-electron chi connectivity index (χ4n) is 2.47. The molecule has 0 saturated heterocycles. The smallest absolute Gasteiger partial charge is 0.0466 e. The zero-order chi connectivity index (χ0) is 14.0. The third-order valence-electron chi connectivity index (χ3n) is 3.74. The highest BCUT2D eigenvalue weighted by molar-refractivity contribution is 4.48. The predicted molar refractivity (Wildman–Crippen MR) is 86.8 cm³/mol. The van der Waals surface area contributed by atoms with Crippen molar-refractivity contribution < 1.29 is 4.74 Å². The number of rotatable bonds is 16. The van der Waals surface area contributed by atoms with Crippen molar-refractivity contribution in [2.24, 2.45) is 0 Å². The van der Waals surface area contributed by atoms with Gasteiger partial charge in [-0.25, -0.2) is 0 Å². The first-order valence-electron chi connectivity index (χ1n) is 8.99. The van der Waals surface area contributed by atoms with Gasteiger partial charge >= 0.3 is 0 Å². The van der Waals surface area contributed by atoms with Gasteiger partial charge < -0.3 is 4.74 Å². The molecule has 0 aliphatic heterocycles. The van der Waals surface area contributed by atoms with Crippen molar-refractivity contribution in [3.8, 4) is 0 Å². The van der Waals surface area contributed by atoms with Gasteiger partial charge in [0, 0.05) is 13.2 Å². The standard InChI is InChI=1S/C18H38O/c1-3-5-6-7-8-9-10-11-12-13-14-15-16-18-19-17-4-2/h3-18H2,1-2H3. The van der Waals surface area contributed by atoms with Crippen LogP contribution in [0.5, 0.6) is 0 Å². The van der Waals surface area contributed by atoms with Crippen molar-refractivity contribution in [2.45, 2.75) is 104 Å².